The highest BCUT2D eigenvalue weighted by Crippen LogP contribution is 2.29. The Morgan fingerprint density at radius 2 is 1.88 bits per heavy atom. The van der Waals surface area contributed by atoms with E-state index >= 15 is 0 Å². The number of likely N-dealkylation sites (N-methyl/N-ethyl adjacent to an activating group) is 1. The van der Waals surface area contributed by atoms with Gasteiger partial charge in [-0.05, 0) is 77.6 Å². The van der Waals surface area contributed by atoms with Crippen molar-refractivity contribution in [3.05, 3.63) is 34.7 Å². The van der Waals surface area contributed by atoms with Gasteiger partial charge in [-0.1, -0.05) is 25.5 Å². The third kappa shape index (κ3) is 6.05. The van der Waals surface area contributed by atoms with Crippen LogP contribution in [0.15, 0.2) is 29.1 Å². The fourth-order valence-electron chi connectivity index (χ4n) is 4.91. The Kier molecular flexibility index (Phi) is 8.37. The Bertz CT molecular complexity index is 988. The van der Waals surface area contributed by atoms with Crippen molar-refractivity contribution < 1.29 is 15.0 Å². The standard InChI is InChI=1S/C25H40N4O4/c1-5-19(12-15-27(4)17-25(33)13-10-20(30)11-14-25)16-26-23(31)29-22-9-7-6-8-21(22)28(18(2)3)24(29)32/h6-9,18-20,30,33H,5,10-17H2,1-4H3,(H,26,31)/t19?,20-,25-. The molecule has 33 heavy (non-hydrogen) atoms. The third-order valence-corrected chi connectivity index (χ3v) is 6.99. The van der Waals surface area contributed by atoms with Crippen LogP contribution in [0, 0.1) is 5.92 Å². The van der Waals surface area contributed by atoms with E-state index in [1.54, 1.807) is 10.6 Å². The van der Waals surface area contributed by atoms with E-state index in [4.69, 9.17) is 0 Å². The lowest BCUT2D eigenvalue weighted by atomic mass is 9.83. The summed E-state index contributed by atoms with van der Waals surface area (Å²) in [5.41, 5.74) is 0.333. The number of benzene rings is 1. The summed E-state index contributed by atoms with van der Waals surface area (Å²) >= 11 is 0. The van der Waals surface area contributed by atoms with Gasteiger partial charge in [0.2, 0.25) is 0 Å². The molecule has 0 saturated heterocycles. The molecule has 8 nitrogen and oxygen atoms in total. The van der Waals surface area contributed by atoms with Gasteiger partial charge in [-0.25, -0.2) is 14.2 Å². The Labute approximate surface area is 196 Å². The molecule has 1 aliphatic rings. The monoisotopic (exact) mass is 460 g/mol. The molecule has 1 saturated carbocycles. The molecule has 3 N–H and O–H groups in total. The highest BCUT2D eigenvalue weighted by atomic mass is 16.3. The molecular weight excluding hydrogens is 420 g/mol. The number of amides is 1. The summed E-state index contributed by atoms with van der Waals surface area (Å²) in [6.07, 6.45) is 4.07. The minimum atomic E-state index is -0.726. The first-order chi connectivity index (χ1) is 15.6. The Morgan fingerprint density at radius 3 is 2.48 bits per heavy atom. The van der Waals surface area contributed by atoms with Crippen molar-refractivity contribution in [2.45, 2.75) is 77.0 Å². The lowest BCUT2D eigenvalue weighted by Crippen LogP contribution is -2.45. The maximum Gasteiger partial charge on any atom is 0.337 e. The van der Waals surface area contributed by atoms with Gasteiger partial charge in [0.25, 0.3) is 0 Å². The second-order valence-electron chi connectivity index (χ2n) is 10.0. The Balaban J connectivity index is 1.57. The van der Waals surface area contributed by atoms with Crippen molar-refractivity contribution in [3.63, 3.8) is 0 Å². The molecule has 8 heteroatoms. The first-order valence-corrected chi connectivity index (χ1v) is 12.2. The van der Waals surface area contributed by atoms with Crippen molar-refractivity contribution in [2.75, 3.05) is 26.7 Å². The highest BCUT2D eigenvalue weighted by molar-refractivity contribution is 5.89. The fourth-order valence-corrected chi connectivity index (χ4v) is 4.91. The molecule has 1 aromatic carbocycles. The molecule has 0 bridgehead atoms. The van der Waals surface area contributed by atoms with E-state index in [0.29, 0.717) is 44.3 Å². The van der Waals surface area contributed by atoms with Crippen LogP contribution >= 0.6 is 0 Å². The normalized spacial score (nSPS) is 22.2. The summed E-state index contributed by atoms with van der Waals surface area (Å²) in [5.74, 6) is 0.272. The summed E-state index contributed by atoms with van der Waals surface area (Å²) in [5, 5.41) is 23.5. The number of aromatic nitrogens is 2. The van der Waals surface area contributed by atoms with Crippen LogP contribution in [0.4, 0.5) is 4.79 Å². The number of rotatable bonds is 9. The van der Waals surface area contributed by atoms with E-state index in [-0.39, 0.29) is 23.8 Å². The molecule has 0 aliphatic heterocycles. The zero-order valence-electron chi connectivity index (χ0n) is 20.5. The Morgan fingerprint density at radius 1 is 1.24 bits per heavy atom. The van der Waals surface area contributed by atoms with Gasteiger partial charge >= 0.3 is 11.7 Å². The van der Waals surface area contributed by atoms with Crippen LogP contribution in [0.5, 0.6) is 0 Å². The number of aliphatic hydroxyl groups excluding tert-OH is 1. The number of carbonyl (C=O) groups is 1. The molecular formula is C25H40N4O4. The van der Waals surface area contributed by atoms with Gasteiger partial charge in [-0.15, -0.1) is 0 Å². The van der Waals surface area contributed by atoms with Crippen LogP contribution < -0.4 is 11.0 Å². The predicted octanol–water partition coefficient (Wildman–Crippen LogP) is 2.96. The first kappa shape index (κ1) is 25.5. The average Bonchev–Trinajstić information content (AvgIpc) is 3.07. The van der Waals surface area contributed by atoms with Crippen molar-refractivity contribution >= 4 is 17.1 Å². The van der Waals surface area contributed by atoms with E-state index in [1.807, 2.05) is 39.1 Å². The van der Waals surface area contributed by atoms with Gasteiger partial charge in [0.15, 0.2) is 0 Å². The number of imidazole rings is 1. The Hall–Kier alpha value is -2.16. The second kappa shape index (κ2) is 10.8. The van der Waals surface area contributed by atoms with Gasteiger partial charge in [0.05, 0.1) is 22.7 Å². The summed E-state index contributed by atoms with van der Waals surface area (Å²) in [7, 11) is 2.01. The number of nitrogens with one attached hydrogen (secondary N) is 1. The van der Waals surface area contributed by atoms with Gasteiger partial charge in [0, 0.05) is 19.1 Å². The highest BCUT2D eigenvalue weighted by Gasteiger charge is 2.33. The van der Waals surface area contributed by atoms with Gasteiger partial charge in [-0.3, -0.25) is 4.57 Å². The van der Waals surface area contributed by atoms with Crippen molar-refractivity contribution in [1.29, 1.82) is 0 Å². The molecule has 0 radical (unpaired) electrons. The van der Waals surface area contributed by atoms with Crippen LogP contribution in [0.2, 0.25) is 0 Å². The van der Waals surface area contributed by atoms with E-state index in [9.17, 15) is 19.8 Å². The topological polar surface area (TPSA) is 99.7 Å². The summed E-state index contributed by atoms with van der Waals surface area (Å²) in [6, 6.07) is 6.94. The minimum Gasteiger partial charge on any atom is -0.393 e. The van der Waals surface area contributed by atoms with E-state index in [2.05, 4.69) is 17.1 Å². The second-order valence-corrected chi connectivity index (χ2v) is 10.0. The zero-order valence-corrected chi connectivity index (χ0v) is 20.5. The lowest BCUT2D eigenvalue weighted by Gasteiger charge is -2.37. The molecule has 0 spiro atoms. The SMILES string of the molecule is CCC(CCN(C)C[C@]1(O)CC[C@H](O)CC1)CNC(=O)n1c(=O)n(C(C)C)c2ccccc21. The largest absolute Gasteiger partial charge is 0.393 e. The van der Waals surface area contributed by atoms with Gasteiger partial charge in [-0.2, -0.15) is 0 Å². The van der Waals surface area contributed by atoms with Crippen LogP contribution in [0.3, 0.4) is 0 Å². The van der Waals surface area contributed by atoms with Crippen molar-refractivity contribution in [1.82, 2.24) is 19.4 Å². The number of aliphatic hydroxyl groups is 2. The first-order valence-electron chi connectivity index (χ1n) is 12.2. The number of hydrogen-bond acceptors (Lipinski definition) is 5. The van der Waals surface area contributed by atoms with Gasteiger partial charge < -0.3 is 20.4 Å². The summed E-state index contributed by atoms with van der Waals surface area (Å²) in [4.78, 5) is 28.1. The molecule has 1 amide bonds. The van der Waals surface area contributed by atoms with Crippen molar-refractivity contribution in [2.24, 2.45) is 5.92 Å². The molecule has 1 aliphatic carbocycles. The van der Waals surface area contributed by atoms with Crippen LogP contribution in [0.25, 0.3) is 11.0 Å². The quantitative estimate of drug-likeness (QED) is 0.534. The smallest absolute Gasteiger partial charge is 0.337 e. The lowest BCUT2D eigenvalue weighted by molar-refractivity contribution is -0.0496. The molecule has 184 valence electrons. The number of fused-ring (bicyclic) bond motifs is 1. The molecule has 1 atom stereocenters. The van der Waals surface area contributed by atoms with Gasteiger partial charge in [0.1, 0.15) is 0 Å². The molecule has 1 unspecified atom stereocenters. The molecule has 2 aromatic rings. The predicted molar refractivity (Wildman–Crippen MR) is 131 cm³/mol. The van der Waals surface area contributed by atoms with E-state index in [1.165, 1.54) is 4.57 Å². The zero-order chi connectivity index (χ0) is 24.2. The third-order valence-electron chi connectivity index (χ3n) is 6.99. The maximum absolute atomic E-state index is 13.0. The average molecular weight is 461 g/mol. The van der Waals surface area contributed by atoms with Crippen LogP contribution in [0.1, 0.15) is 65.3 Å². The number of nitrogens with zero attached hydrogens (tertiary/aromatic N) is 3. The summed E-state index contributed by atoms with van der Waals surface area (Å²) < 4.78 is 2.89. The number of para-hydroxylation sites is 2. The molecule has 1 heterocycles. The number of carbonyl (C=O) groups excluding carboxylic acids is 1. The number of hydrogen-bond donors (Lipinski definition) is 3. The fraction of sp³-hybridized carbons (Fsp3) is 0.680. The molecule has 3 rings (SSSR count). The van der Waals surface area contributed by atoms with Crippen molar-refractivity contribution in [3.8, 4) is 0 Å². The van der Waals surface area contributed by atoms with E-state index < -0.39 is 11.6 Å². The van der Waals surface area contributed by atoms with E-state index in [0.717, 1.165) is 24.9 Å². The van der Waals surface area contributed by atoms with Crippen LogP contribution in [-0.2, 0) is 0 Å². The maximum atomic E-state index is 13.0. The van der Waals surface area contributed by atoms with Crippen LogP contribution in [-0.4, -0.2) is 68.7 Å². The molecule has 1 fully saturated rings. The molecule has 1 aromatic heterocycles. The minimum absolute atomic E-state index is 0.0439. The summed E-state index contributed by atoms with van der Waals surface area (Å²) in [6.45, 7) is 7.87.